The predicted octanol–water partition coefficient (Wildman–Crippen LogP) is 1.32. The van der Waals surface area contributed by atoms with Crippen molar-refractivity contribution in [2.24, 2.45) is 0 Å². The molecule has 1 N–H and O–H groups in total. The monoisotopic (exact) mass is 300 g/mol. The molecule has 1 aliphatic heterocycles. The average molecular weight is 300 g/mol. The fourth-order valence-corrected chi connectivity index (χ4v) is 2.51. The molecular weight excluding hydrogens is 276 g/mol. The molecule has 1 atom stereocenters. The second kappa shape index (κ2) is 7.85. The van der Waals surface area contributed by atoms with E-state index in [-0.39, 0.29) is 31.1 Å². The highest BCUT2D eigenvalue weighted by molar-refractivity contribution is 5.82. The van der Waals surface area contributed by atoms with Gasteiger partial charge in [0.1, 0.15) is 6.54 Å². The number of rotatable bonds is 5. The van der Waals surface area contributed by atoms with Crippen LogP contribution in [-0.2, 0) is 14.3 Å². The molecule has 0 aromatic rings. The molecule has 0 radical (unpaired) electrons. The minimum atomic E-state index is -0.913. The summed E-state index contributed by atoms with van der Waals surface area (Å²) in [5, 5.41) is 8.97. The molecule has 0 aromatic carbocycles. The summed E-state index contributed by atoms with van der Waals surface area (Å²) < 4.78 is 4.61. The number of carboxylic acid groups (broad SMARTS) is 1. The van der Waals surface area contributed by atoms with E-state index >= 15 is 0 Å². The number of carboxylic acids is 1. The number of aliphatic carboxylic acids is 1. The van der Waals surface area contributed by atoms with E-state index in [1.807, 2.05) is 13.8 Å². The van der Waals surface area contributed by atoms with Crippen LogP contribution in [0.2, 0.25) is 0 Å². The minimum absolute atomic E-state index is 0.0596. The minimum Gasteiger partial charge on any atom is -0.481 e. The number of piperidine rings is 1. The predicted molar refractivity (Wildman–Crippen MR) is 75.9 cm³/mol. The molecule has 1 fully saturated rings. The van der Waals surface area contributed by atoms with Crippen LogP contribution in [0.15, 0.2) is 0 Å². The van der Waals surface area contributed by atoms with E-state index in [1.165, 1.54) is 12.0 Å². The van der Waals surface area contributed by atoms with Crippen LogP contribution in [-0.4, -0.2) is 65.2 Å². The molecule has 1 heterocycles. The van der Waals surface area contributed by atoms with Crippen LogP contribution in [0.5, 0.6) is 0 Å². The maximum Gasteiger partial charge on any atom is 0.325 e. The first-order valence-corrected chi connectivity index (χ1v) is 7.22. The zero-order valence-corrected chi connectivity index (χ0v) is 12.9. The Bertz CT molecular complexity index is 397. The van der Waals surface area contributed by atoms with E-state index in [1.54, 1.807) is 4.90 Å². The van der Waals surface area contributed by atoms with Gasteiger partial charge in [-0.15, -0.1) is 0 Å². The van der Waals surface area contributed by atoms with Crippen molar-refractivity contribution in [2.75, 3.05) is 20.2 Å². The van der Waals surface area contributed by atoms with Crippen molar-refractivity contribution >= 4 is 18.0 Å². The van der Waals surface area contributed by atoms with Crippen LogP contribution >= 0.6 is 0 Å². The standard InChI is InChI=1S/C14H24N2O5/c1-10(2)16(9-13(19)21-3)14(20)15-7-5-4-6-11(15)8-12(17)18/h10-11H,4-9H2,1-3H3,(H,17,18). The Labute approximate surface area is 124 Å². The molecule has 1 unspecified atom stereocenters. The molecule has 0 aromatic heterocycles. The third-order valence-electron chi connectivity index (χ3n) is 3.68. The van der Waals surface area contributed by atoms with Gasteiger partial charge in [0.15, 0.2) is 0 Å². The zero-order chi connectivity index (χ0) is 16.0. The van der Waals surface area contributed by atoms with E-state index in [0.717, 1.165) is 12.8 Å². The summed E-state index contributed by atoms with van der Waals surface area (Å²) in [7, 11) is 1.28. The normalized spacial score (nSPS) is 18.5. The average Bonchev–Trinajstić information content (AvgIpc) is 2.43. The highest BCUT2D eigenvalue weighted by atomic mass is 16.5. The number of hydrogen-bond acceptors (Lipinski definition) is 4. The number of methoxy groups -OCH3 is 1. The van der Waals surface area contributed by atoms with Gasteiger partial charge in [0.2, 0.25) is 0 Å². The van der Waals surface area contributed by atoms with Gasteiger partial charge in [-0.3, -0.25) is 9.59 Å². The largest absolute Gasteiger partial charge is 0.481 e. The van der Waals surface area contributed by atoms with Crippen LogP contribution < -0.4 is 0 Å². The van der Waals surface area contributed by atoms with Gasteiger partial charge < -0.3 is 19.6 Å². The molecule has 1 saturated heterocycles. The maximum absolute atomic E-state index is 12.6. The lowest BCUT2D eigenvalue weighted by atomic mass is 9.99. The number of hydrogen-bond donors (Lipinski definition) is 1. The fourth-order valence-electron chi connectivity index (χ4n) is 2.51. The Balaban J connectivity index is 2.83. The molecule has 7 nitrogen and oxygen atoms in total. The van der Waals surface area contributed by atoms with E-state index in [2.05, 4.69) is 4.74 Å². The van der Waals surface area contributed by atoms with Crippen molar-refractivity contribution in [1.29, 1.82) is 0 Å². The lowest BCUT2D eigenvalue weighted by Gasteiger charge is -2.39. The molecule has 7 heteroatoms. The van der Waals surface area contributed by atoms with Crippen molar-refractivity contribution in [2.45, 2.75) is 51.6 Å². The molecule has 0 aliphatic carbocycles. The molecule has 1 rings (SSSR count). The number of ether oxygens (including phenoxy) is 1. The molecule has 120 valence electrons. The quantitative estimate of drug-likeness (QED) is 0.774. The number of esters is 1. The summed E-state index contributed by atoms with van der Waals surface area (Å²) in [6.07, 6.45) is 2.39. The first-order chi connectivity index (χ1) is 9.86. The van der Waals surface area contributed by atoms with Crippen LogP contribution in [0.1, 0.15) is 39.5 Å². The number of amides is 2. The number of likely N-dealkylation sites (tertiary alicyclic amines) is 1. The van der Waals surface area contributed by atoms with Gasteiger partial charge >= 0.3 is 18.0 Å². The third-order valence-corrected chi connectivity index (χ3v) is 3.68. The molecule has 0 spiro atoms. The highest BCUT2D eigenvalue weighted by Gasteiger charge is 2.33. The summed E-state index contributed by atoms with van der Waals surface area (Å²) >= 11 is 0. The van der Waals surface area contributed by atoms with Crippen molar-refractivity contribution in [3.63, 3.8) is 0 Å². The van der Waals surface area contributed by atoms with E-state index in [0.29, 0.717) is 13.0 Å². The van der Waals surface area contributed by atoms with Gasteiger partial charge in [0, 0.05) is 18.6 Å². The second-order valence-electron chi connectivity index (χ2n) is 5.52. The number of urea groups is 1. The molecule has 21 heavy (non-hydrogen) atoms. The van der Waals surface area contributed by atoms with Gasteiger partial charge in [0.05, 0.1) is 13.5 Å². The van der Waals surface area contributed by atoms with Crippen molar-refractivity contribution in [3.05, 3.63) is 0 Å². The Morgan fingerprint density at radius 1 is 1.33 bits per heavy atom. The lowest BCUT2D eigenvalue weighted by Crippen LogP contribution is -2.54. The van der Waals surface area contributed by atoms with Gasteiger partial charge in [0.25, 0.3) is 0 Å². The second-order valence-corrected chi connectivity index (χ2v) is 5.52. The molecule has 1 aliphatic rings. The topological polar surface area (TPSA) is 87.2 Å². The summed E-state index contributed by atoms with van der Waals surface area (Å²) in [4.78, 5) is 38.0. The first-order valence-electron chi connectivity index (χ1n) is 7.22. The first kappa shape index (κ1) is 17.3. The lowest BCUT2D eigenvalue weighted by molar-refractivity contribution is -0.142. The molecule has 2 amide bonds. The summed E-state index contributed by atoms with van der Waals surface area (Å²) in [5.41, 5.74) is 0. The van der Waals surface area contributed by atoms with Gasteiger partial charge in [-0.1, -0.05) is 0 Å². The van der Waals surface area contributed by atoms with Gasteiger partial charge in [-0.2, -0.15) is 0 Å². The Morgan fingerprint density at radius 3 is 2.52 bits per heavy atom. The fraction of sp³-hybridized carbons (Fsp3) is 0.786. The molecular formula is C14H24N2O5. The van der Waals surface area contributed by atoms with Crippen LogP contribution in [0, 0.1) is 0 Å². The van der Waals surface area contributed by atoms with Crippen molar-refractivity contribution in [3.8, 4) is 0 Å². The number of carbonyl (C=O) groups excluding carboxylic acids is 2. The Morgan fingerprint density at radius 2 is 2.00 bits per heavy atom. The van der Waals surface area contributed by atoms with Crippen LogP contribution in [0.25, 0.3) is 0 Å². The summed E-state index contributed by atoms with van der Waals surface area (Å²) in [6.45, 7) is 4.04. The molecule has 0 bridgehead atoms. The number of nitrogens with zero attached hydrogens (tertiary/aromatic N) is 2. The molecule has 0 saturated carbocycles. The highest BCUT2D eigenvalue weighted by Crippen LogP contribution is 2.22. The summed E-state index contributed by atoms with van der Waals surface area (Å²) in [5.74, 6) is -1.40. The van der Waals surface area contributed by atoms with Gasteiger partial charge in [-0.05, 0) is 33.1 Å². The smallest absolute Gasteiger partial charge is 0.325 e. The van der Waals surface area contributed by atoms with Crippen LogP contribution in [0.4, 0.5) is 4.79 Å². The third kappa shape index (κ3) is 4.91. The van der Waals surface area contributed by atoms with E-state index in [4.69, 9.17) is 5.11 Å². The number of carbonyl (C=O) groups is 3. The zero-order valence-electron chi connectivity index (χ0n) is 12.9. The van der Waals surface area contributed by atoms with E-state index < -0.39 is 11.9 Å². The SMILES string of the molecule is COC(=O)CN(C(=O)N1CCCCC1CC(=O)O)C(C)C. The maximum atomic E-state index is 12.6. The van der Waals surface area contributed by atoms with Crippen molar-refractivity contribution < 1.29 is 24.2 Å². The Kier molecular flexibility index (Phi) is 6.45. The summed E-state index contributed by atoms with van der Waals surface area (Å²) in [6, 6.07) is -0.756. The van der Waals surface area contributed by atoms with Gasteiger partial charge in [-0.25, -0.2) is 4.79 Å². The van der Waals surface area contributed by atoms with E-state index in [9.17, 15) is 14.4 Å². The Hall–Kier alpha value is -1.79. The van der Waals surface area contributed by atoms with Crippen LogP contribution in [0.3, 0.4) is 0 Å². The van der Waals surface area contributed by atoms with Crippen molar-refractivity contribution in [1.82, 2.24) is 9.80 Å².